The summed E-state index contributed by atoms with van der Waals surface area (Å²) in [6.07, 6.45) is 1.64. The van der Waals surface area contributed by atoms with E-state index in [1.165, 1.54) is 11.0 Å². The van der Waals surface area contributed by atoms with Crippen molar-refractivity contribution in [1.29, 1.82) is 0 Å². The van der Waals surface area contributed by atoms with Crippen molar-refractivity contribution < 1.29 is 14.4 Å². The molecule has 0 saturated heterocycles. The van der Waals surface area contributed by atoms with Gasteiger partial charge in [-0.3, -0.25) is 19.8 Å². The first-order valence-corrected chi connectivity index (χ1v) is 10.9. The molecule has 1 atom stereocenters. The fourth-order valence-electron chi connectivity index (χ4n) is 3.43. The van der Waals surface area contributed by atoms with Crippen molar-refractivity contribution in [3.05, 3.63) is 95.8 Å². The van der Waals surface area contributed by atoms with E-state index >= 15 is 0 Å². The van der Waals surface area contributed by atoms with E-state index in [0.29, 0.717) is 22.1 Å². The normalized spacial score (nSPS) is 11.3. The van der Waals surface area contributed by atoms with Crippen LogP contribution >= 0.6 is 11.6 Å². The van der Waals surface area contributed by atoms with Crippen molar-refractivity contribution in [2.24, 2.45) is 0 Å². The Bertz CT molecular complexity index is 1300. The van der Waals surface area contributed by atoms with E-state index in [-0.39, 0.29) is 12.7 Å². The van der Waals surface area contributed by atoms with Gasteiger partial charge in [-0.1, -0.05) is 60.1 Å². The van der Waals surface area contributed by atoms with Crippen molar-refractivity contribution in [3.63, 3.8) is 0 Å². The summed E-state index contributed by atoms with van der Waals surface area (Å²) in [5, 5.41) is 15.3. The Kier molecular flexibility index (Phi) is 7.44. The van der Waals surface area contributed by atoms with E-state index in [0.717, 1.165) is 10.6 Å². The quantitative estimate of drug-likeness (QED) is 0.210. The average Bonchev–Trinajstić information content (AvgIpc) is 3.41. The molecule has 0 fully saturated rings. The molecule has 0 bridgehead atoms. The molecule has 0 aliphatic heterocycles. The largest absolute Gasteiger partial charge is 0.324 e. The number of aldehydes is 1. The van der Waals surface area contributed by atoms with Gasteiger partial charge in [0.25, 0.3) is 0 Å². The van der Waals surface area contributed by atoms with Crippen LogP contribution in [0.2, 0.25) is 5.02 Å². The van der Waals surface area contributed by atoms with Gasteiger partial charge in [-0.25, -0.2) is 5.01 Å². The van der Waals surface area contributed by atoms with Gasteiger partial charge in [0.1, 0.15) is 12.4 Å². The van der Waals surface area contributed by atoms with Gasteiger partial charge in [0.2, 0.25) is 12.2 Å². The minimum atomic E-state index is -1.10. The molecule has 0 radical (unpaired) electrons. The Labute approximate surface area is 205 Å². The smallest absolute Gasteiger partial charge is 0.305 e. The van der Waals surface area contributed by atoms with E-state index in [4.69, 9.17) is 11.6 Å². The molecule has 176 valence electrons. The van der Waals surface area contributed by atoms with Crippen LogP contribution in [0.1, 0.15) is 5.56 Å². The predicted octanol–water partition coefficient (Wildman–Crippen LogP) is 2.92. The van der Waals surface area contributed by atoms with E-state index in [9.17, 15) is 14.4 Å². The lowest BCUT2D eigenvalue weighted by Crippen LogP contribution is -2.52. The SMILES string of the molecule is O=CC(=O)N(Nc1cc(Cl)ccc1-n1cnnn1)C(Cc1ccccc1)C(=O)Nc1ccccc1. The van der Waals surface area contributed by atoms with E-state index in [1.54, 1.807) is 42.5 Å². The number of carbonyl (C=O) groups excluding carboxylic acids is 3. The fraction of sp³-hybridized carbons (Fsp3) is 0.0833. The summed E-state index contributed by atoms with van der Waals surface area (Å²) in [6, 6.07) is 21.7. The molecule has 2 N–H and O–H groups in total. The third kappa shape index (κ3) is 5.87. The minimum Gasteiger partial charge on any atom is -0.324 e. The van der Waals surface area contributed by atoms with Crippen LogP contribution in [0, 0.1) is 0 Å². The molecule has 11 heteroatoms. The highest BCUT2D eigenvalue weighted by Gasteiger charge is 2.31. The van der Waals surface area contributed by atoms with E-state index < -0.39 is 17.9 Å². The highest BCUT2D eigenvalue weighted by molar-refractivity contribution is 6.31. The van der Waals surface area contributed by atoms with Crippen LogP contribution in [0.4, 0.5) is 11.4 Å². The molecule has 4 aromatic rings. The Morgan fingerprint density at radius 2 is 1.74 bits per heavy atom. The monoisotopic (exact) mass is 489 g/mol. The van der Waals surface area contributed by atoms with Gasteiger partial charge >= 0.3 is 5.91 Å². The van der Waals surface area contributed by atoms with Crippen molar-refractivity contribution in [2.45, 2.75) is 12.5 Å². The topological polar surface area (TPSA) is 122 Å². The van der Waals surface area contributed by atoms with Gasteiger partial charge in [-0.05, 0) is 46.3 Å². The molecule has 1 unspecified atom stereocenters. The third-order valence-corrected chi connectivity index (χ3v) is 5.30. The molecule has 10 nitrogen and oxygen atoms in total. The molecule has 0 spiro atoms. The molecule has 1 heterocycles. The summed E-state index contributed by atoms with van der Waals surface area (Å²) in [6.45, 7) is 0. The number of aromatic nitrogens is 4. The summed E-state index contributed by atoms with van der Waals surface area (Å²) in [7, 11) is 0. The number of halogens is 1. The second kappa shape index (κ2) is 11.0. The Morgan fingerprint density at radius 3 is 2.40 bits per heavy atom. The van der Waals surface area contributed by atoms with Gasteiger partial charge in [0, 0.05) is 17.1 Å². The van der Waals surface area contributed by atoms with Crippen LogP contribution in [-0.4, -0.2) is 49.4 Å². The van der Waals surface area contributed by atoms with Crippen LogP contribution in [0.15, 0.2) is 85.2 Å². The lowest BCUT2D eigenvalue weighted by molar-refractivity contribution is -0.141. The highest BCUT2D eigenvalue weighted by atomic mass is 35.5. The molecule has 0 saturated carbocycles. The van der Waals surface area contributed by atoms with Crippen LogP contribution in [0.25, 0.3) is 5.69 Å². The number of anilines is 2. The Hall–Kier alpha value is -4.57. The summed E-state index contributed by atoms with van der Waals surface area (Å²) in [5.41, 5.74) is 5.00. The zero-order valence-corrected chi connectivity index (χ0v) is 19.0. The fourth-order valence-corrected chi connectivity index (χ4v) is 3.60. The number of nitrogens with one attached hydrogen (secondary N) is 2. The lowest BCUT2D eigenvalue weighted by Gasteiger charge is -2.31. The van der Waals surface area contributed by atoms with Crippen LogP contribution in [0.5, 0.6) is 0 Å². The molecule has 0 aliphatic carbocycles. The summed E-state index contributed by atoms with van der Waals surface area (Å²) < 4.78 is 1.36. The average molecular weight is 490 g/mol. The third-order valence-electron chi connectivity index (χ3n) is 5.06. The van der Waals surface area contributed by atoms with E-state index in [1.807, 2.05) is 36.4 Å². The zero-order valence-electron chi connectivity index (χ0n) is 18.3. The number of hydrogen-bond donors (Lipinski definition) is 2. The van der Waals surface area contributed by atoms with E-state index in [2.05, 4.69) is 26.3 Å². The summed E-state index contributed by atoms with van der Waals surface area (Å²) in [4.78, 5) is 37.9. The maximum Gasteiger partial charge on any atom is 0.305 e. The van der Waals surface area contributed by atoms with Crippen LogP contribution in [0.3, 0.4) is 0 Å². The molecule has 4 rings (SSSR count). The standard InChI is InChI=1S/C24H20ClN7O3/c25-18-11-12-21(31-16-26-29-30-31)20(14-18)28-32(23(34)15-33)22(13-17-7-3-1-4-8-17)24(35)27-19-9-5-2-6-10-19/h1-12,14-16,22,28H,13H2,(H,27,35). The molecule has 2 amide bonds. The highest BCUT2D eigenvalue weighted by Crippen LogP contribution is 2.25. The minimum absolute atomic E-state index is 0.132. The first-order chi connectivity index (χ1) is 17.0. The van der Waals surface area contributed by atoms with Crippen molar-refractivity contribution in [2.75, 3.05) is 10.7 Å². The molecular weight excluding hydrogens is 470 g/mol. The van der Waals surface area contributed by atoms with Crippen molar-refractivity contribution >= 4 is 41.1 Å². The molecule has 0 aliphatic rings. The second-order valence-electron chi connectivity index (χ2n) is 7.41. The summed E-state index contributed by atoms with van der Waals surface area (Å²) >= 11 is 6.20. The summed E-state index contributed by atoms with van der Waals surface area (Å²) in [5.74, 6) is -1.44. The number of rotatable bonds is 9. The Balaban J connectivity index is 1.73. The number of tetrazole rings is 1. The second-order valence-corrected chi connectivity index (χ2v) is 7.85. The first kappa shape index (κ1) is 23.6. The molecular formula is C24H20ClN7O3. The maximum absolute atomic E-state index is 13.4. The molecule has 3 aromatic carbocycles. The van der Waals surface area contributed by atoms with Crippen molar-refractivity contribution in [3.8, 4) is 5.69 Å². The van der Waals surface area contributed by atoms with Gasteiger partial charge in [0.05, 0.1) is 11.4 Å². The number of hydrogen-bond acceptors (Lipinski definition) is 7. The molecule has 35 heavy (non-hydrogen) atoms. The number of benzene rings is 3. The number of para-hydroxylation sites is 1. The van der Waals surface area contributed by atoms with Gasteiger partial charge < -0.3 is 5.32 Å². The number of nitrogens with zero attached hydrogens (tertiary/aromatic N) is 5. The van der Waals surface area contributed by atoms with Gasteiger partial charge in [-0.2, -0.15) is 4.68 Å². The molecule has 1 aromatic heterocycles. The zero-order chi connectivity index (χ0) is 24.6. The Morgan fingerprint density at radius 1 is 1.03 bits per heavy atom. The maximum atomic E-state index is 13.4. The van der Waals surface area contributed by atoms with Gasteiger partial charge in [0.15, 0.2) is 0 Å². The van der Waals surface area contributed by atoms with Crippen LogP contribution in [-0.2, 0) is 20.8 Å². The number of carbonyl (C=O) groups is 3. The van der Waals surface area contributed by atoms with Gasteiger partial charge in [-0.15, -0.1) is 5.10 Å². The number of amides is 2. The van der Waals surface area contributed by atoms with Crippen molar-refractivity contribution in [1.82, 2.24) is 25.2 Å². The first-order valence-electron chi connectivity index (χ1n) is 10.5. The lowest BCUT2D eigenvalue weighted by atomic mass is 10.0. The predicted molar refractivity (Wildman–Crippen MR) is 130 cm³/mol. The van der Waals surface area contributed by atoms with Crippen LogP contribution < -0.4 is 10.7 Å². The number of hydrazine groups is 1.